The van der Waals surface area contributed by atoms with Crippen LogP contribution in [0.15, 0.2) is 18.2 Å². The maximum Gasteiger partial charge on any atom is 0.168 e. The zero-order valence-electron chi connectivity index (χ0n) is 9.14. The standard InChI is InChI=1S/C10H11F2N5/c1-6(13)10-14-15-16-17(10)5-7-2-3-8(11)9(12)4-7/h2-4,6H,5,13H2,1H3. The Bertz CT molecular complexity index is 523. The highest BCUT2D eigenvalue weighted by Gasteiger charge is 2.11. The highest BCUT2D eigenvalue weighted by Crippen LogP contribution is 2.11. The minimum atomic E-state index is -0.891. The third-order valence-electron chi connectivity index (χ3n) is 2.28. The SMILES string of the molecule is CC(N)c1nnnn1Cc1ccc(F)c(F)c1. The van der Waals surface area contributed by atoms with Gasteiger partial charge in [-0.1, -0.05) is 6.07 Å². The van der Waals surface area contributed by atoms with Crippen molar-refractivity contribution in [2.24, 2.45) is 5.73 Å². The summed E-state index contributed by atoms with van der Waals surface area (Å²) in [4.78, 5) is 0. The summed E-state index contributed by atoms with van der Waals surface area (Å²) in [5.74, 6) is -1.27. The molecule has 2 N–H and O–H groups in total. The van der Waals surface area contributed by atoms with Crippen molar-refractivity contribution < 1.29 is 8.78 Å². The molecule has 2 aromatic rings. The maximum atomic E-state index is 13.0. The second kappa shape index (κ2) is 4.54. The van der Waals surface area contributed by atoms with E-state index in [1.165, 1.54) is 10.7 Å². The summed E-state index contributed by atoms with van der Waals surface area (Å²) in [7, 11) is 0. The van der Waals surface area contributed by atoms with Crippen molar-refractivity contribution in [3.8, 4) is 0 Å². The average Bonchev–Trinajstić information content (AvgIpc) is 2.72. The van der Waals surface area contributed by atoms with Gasteiger partial charge in [0.15, 0.2) is 17.5 Å². The van der Waals surface area contributed by atoms with Crippen LogP contribution in [0.4, 0.5) is 8.78 Å². The van der Waals surface area contributed by atoms with E-state index in [0.29, 0.717) is 11.4 Å². The molecule has 1 aromatic heterocycles. The van der Waals surface area contributed by atoms with E-state index in [0.717, 1.165) is 12.1 Å². The van der Waals surface area contributed by atoms with E-state index >= 15 is 0 Å². The molecule has 2 rings (SSSR count). The first kappa shape index (κ1) is 11.6. The number of nitrogens with two attached hydrogens (primary N) is 1. The van der Waals surface area contributed by atoms with Gasteiger partial charge in [0.05, 0.1) is 12.6 Å². The van der Waals surface area contributed by atoms with Crippen molar-refractivity contribution in [3.05, 3.63) is 41.2 Å². The van der Waals surface area contributed by atoms with Gasteiger partial charge in [-0.25, -0.2) is 13.5 Å². The summed E-state index contributed by atoms with van der Waals surface area (Å²) in [5.41, 5.74) is 6.24. The normalized spacial score (nSPS) is 12.7. The van der Waals surface area contributed by atoms with Crippen molar-refractivity contribution in [1.29, 1.82) is 0 Å². The number of nitrogens with zero attached hydrogens (tertiary/aromatic N) is 4. The molecule has 17 heavy (non-hydrogen) atoms. The molecule has 0 saturated heterocycles. The van der Waals surface area contributed by atoms with Gasteiger partial charge in [0.25, 0.3) is 0 Å². The number of tetrazole rings is 1. The Hall–Kier alpha value is -1.89. The number of benzene rings is 1. The molecule has 0 radical (unpaired) electrons. The third kappa shape index (κ3) is 2.44. The number of rotatable bonds is 3. The van der Waals surface area contributed by atoms with Crippen molar-refractivity contribution in [2.45, 2.75) is 19.5 Å². The smallest absolute Gasteiger partial charge is 0.168 e. The Morgan fingerprint density at radius 1 is 1.35 bits per heavy atom. The highest BCUT2D eigenvalue weighted by molar-refractivity contribution is 5.18. The predicted octanol–water partition coefficient (Wildman–Crippen LogP) is 1.02. The summed E-state index contributed by atoms with van der Waals surface area (Å²) in [6, 6.07) is 3.34. The molecule has 7 heteroatoms. The van der Waals surface area contributed by atoms with E-state index < -0.39 is 11.6 Å². The van der Waals surface area contributed by atoms with Gasteiger partial charge in [0.1, 0.15) is 0 Å². The van der Waals surface area contributed by atoms with Crippen LogP contribution in [0.3, 0.4) is 0 Å². The summed E-state index contributed by atoms with van der Waals surface area (Å²) < 4.78 is 27.2. The first-order valence-corrected chi connectivity index (χ1v) is 5.03. The maximum absolute atomic E-state index is 13.0. The van der Waals surface area contributed by atoms with Gasteiger partial charge in [0, 0.05) is 0 Å². The van der Waals surface area contributed by atoms with Crippen LogP contribution in [-0.4, -0.2) is 20.2 Å². The van der Waals surface area contributed by atoms with Crippen LogP contribution in [0.1, 0.15) is 24.4 Å². The Kier molecular flexibility index (Phi) is 3.10. The minimum Gasteiger partial charge on any atom is -0.322 e. The molecule has 0 spiro atoms. The largest absolute Gasteiger partial charge is 0.322 e. The molecular formula is C10H11F2N5. The molecule has 1 unspecified atom stereocenters. The lowest BCUT2D eigenvalue weighted by Crippen LogP contribution is -2.15. The van der Waals surface area contributed by atoms with Gasteiger partial charge in [-0.05, 0) is 35.0 Å². The fraction of sp³-hybridized carbons (Fsp3) is 0.300. The zero-order chi connectivity index (χ0) is 12.4. The van der Waals surface area contributed by atoms with Gasteiger partial charge in [0.2, 0.25) is 0 Å². The molecule has 1 aromatic carbocycles. The van der Waals surface area contributed by atoms with Gasteiger partial charge in [-0.2, -0.15) is 0 Å². The molecule has 5 nitrogen and oxygen atoms in total. The highest BCUT2D eigenvalue weighted by atomic mass is 19.2. The van der Waals surface area contributed by atoms with E-state index in [1.807, 2.05) is 0 Å². The van der Waals surface area contributed by atoms with Gasteiger partial charge >= 0.3 is 0 Å². The Labute approximate surface area is 96.2 Å². The van der Waals surface area contributed by atoms with Crippen molar-refractivity contribution in [1.82, 2.24) is 20.2 Å². The van der Waals surface area contributed by atoms with Crippen LogP contribution in [0.25, 0.3) is 0 Å². The Balaban J connectivity index is 2.25. The minimum absolute atomic E-state index is 0.251. The average molecular weight is 239 g/mol. The van der Waals surface area contributed by atoms with Crippen LogP contribution < -0.4 is 5.73 Å². The number of hydrogen-bond donors (Lipinski definition) is 1. The van der Waals surface area contributed by atoms with E-state index in [1.54, 1.807) is 6.92 Å². The molecule has 0 aliphatic rings. The van der Waals surface area contributed by atoms with Crippen molar-refractivity contribution in [3.63, 3.8) is 0 Å². The van der Waals surface area contributed by atoms with Crippen LogP contribution >= 0.6 is 0 Å². The lowest BCUT2D eigenvalue weighted by molar-refractivity contribution is 0.504. The van der Waals surface area contributed by atoms with E-state index in [4.69, 9.17) is 5.73 Å². The number of aromatic nitrogens is 4. The lowest BCUT2D eigenvalue weighted by Gasteiger charge is -2.07. The molecular weight excluding hydrogens is 228 g/mol. The van der Waals surface area contributed by atoms with E-state index in [9.17, 15) is 8.78 Å². The first-order valence-electron chi connectivity index (χ1n) is 5.03. The molecule has 0 bridgehead atoms. The van der Waals surface area contributed by atoms with Crippen LogP contribution in [-0.2, 0) is 6.54 Å². The third-order valence-corrected chi connectivity index (χ3v) is 2.28. The fourth-order valence-corrected chi connectivity index (χ4v) is 1.46. The molecule has 0 fully saturated rings. The summed E-state index contributed by atoms with van der Waals surface area (Å²) in [6.07, 6.45) is 0. The second-order valence-corrected chi connectivity index (χ2v) is 3.73. The molecule has 1 atom stereocenters. The summed E-state index contributed by atoms with van der Waals surface area (Å²) in [6.45, 7) is 1.99. The molecule has 90 valence electrons. The predicted molar refractivity (Wildman–Crippen MR) is 55.9 cm³/mol. The van der Waals surface area contributed by atoms with Crippen LogP contribution in [0, 0.1) is 11.6 Å². The van der Waals surface area contributed by atoms with E-state index in [2.05, 4.69) is 15.5 Å². The fourth-order valence-electron chi connectivity index (χ4n) is 1.46. The second-order valence-electron chi connectivity index (χ2n) is 3.73. The van der Waals surface area contributed by atoms with Gasteiger partial charge in [-0.15, -0.1) is 5.10 Å². The van der Waals surface area contributed by atoms with E-state index in [-0.39, 0.29) is 12.6 Å². The quantitative estimate of drug-likeness (QED) is 0.868. The monoisotopic (exact) mass is 239 g/mol. The van der Waals surface area contributed by atoms with Crippen molar-refractivity contribution in [2.75, 3.05) is 0 Å². The van der Waals surface area contributed by atoms with Gasteiger partial charge in [-0.3, -0.25) is 0 Å². The lowest BCUT2D eigenvalue weighted by atomic mass is 10.2. The van der Waals surface area contributed by atoms with Crippen molar-refractivity contribution >= 4 is 0 Å². The summed E-state index contributed by atoms with van der Waals surface area (Å²) >= 11 is 0. The topological polar surface area (TPSA) is 69.6 Å². The summed E-state index contributed by atoms with van der Waals surface area (Å²) in [5, 5.41) is 11.0. The molecule has 0 amide bonds. The number of hydrogen-bond acceptors (Lipinski definition) is 4. The Morgan fingerprint density at radius 2 is 2.12 bits per heavy atom. The Morgan fingerprint density at radius 3 is 2.76 bits per heavy atom. The van der Waals surface area contributed by atoms with Crippen LogP contribution in [0.2, 0.25) is 0 Å². The molecule has 0 saturated carbocycles. The van der Waals surface area contributed by atoms with Gasteiger partial charge < -0.3 is 5.73 Å². The number of halogens is 2. The zero-order valence-corrected chi connectivity index (χ0v) is 9.14. The van der Waals surface area contributed by atoms with Crippen LogP contribution in [0.5, 0.6) is 0 Å². The molecule has 0 aliphatic carbocycles. The molecule has 1 heterocycles. The molecule has 0 aliphatic heterocycles. The first-order chi connectivity index (χ1) is 8.08.